The summed E-state index contributed by atoms with van der Waals surface area (Å²) in [6.07, 6.45) is 8.09. The first kappa shape index (κ1) is 26.0. The number of hydrogen-bond donors (Lipinski definition) is 4. The molecule has 2 atom stereocenters. The Kier molecular flexibility index (Phi) is 9.71. The van der Waals surface area contributed by atoms with E-state index in [2.05, 4.69) is 32.8 Å². The lowest BCUT2D eigenvalue weighted by Crippen LogP contribution is -2.54. The highest BCUT2D eigenvalue weighted by Gasteiger charge is 2.27. The van der Waals surface area contributed by atoms with Gasteiger partial charge in [-0.15, -0.1) is 11.3 Å². The molecule has 1 heterocycles. The van der Waals surface area contributed by atoms with Crippen LogP contribution in [0.4, 0.5) is 4.79 Å². The minimum atomic E-state index is -0.819. The van der Waals surface area contributed by atoms with Crippen molar-refractivity contribution in [2.75, 3.05) is 13.6 Å². The van der Waals surface area contributed by atoms with Crippen molar-refractivity contribution in [1.82, 2.24) is 26.3 Å². The predicted molar refractivity (Wildman–Crippen MR) is 136 cm³/mol. The maximum atomic E-state index is 13.3. The van der Waals surface area contributed by atoms with Crippen molar-refractivity contribution < 1.29 is 14.4 Å². The first-order valence-electron chi connectivity index (χ1n) is 11.6. The van der Waals surface area contributed by atoms with Crippen molar-refractivity contribution in [3.8, 4) is 0 Å². The zero-order valence-corrected chi connectivity index (χ0v) is 20.9. The molecule has 1 unspecified atom stereocenters. The largest absolute Gasteiger partial charge is 0.351 e. The molecule has 1 aliphatic rings. The maximum Gasteiger partial charge on any atom is 0.315 e. The van der Waals surface area contributed by atoms with Gasteiger partial charge in [0.1, 0.15) is 6.04 Å². The lowest BCUT2D eigenvalue weighted by molar-refractivity contribution is -0.124. The van der Waals surface area contributed by atoms with E-state index >= 15 is 0 Å². The number of nitrogens with zero attached hydrogens (tertiary/aromatic N) is 1. The standard InChI is InChI=1S/C24H32ClN5O3S/c1-3-21(31)27-14-17(11-15-7-5-4-6-8-15)28-23(32)19(30-24(33)26-2)13-22-29-18-10-9-16(25)12-20(18)34-22/h3,9-10,12,15,17,19H,1,4-8,11,13-14H2,2H3,(H,27,31)(H,28,32)(H2,26,30,33)/t17?,19-/m0/s1. The molecule has 3 rings (SSSR count). The SMILES string of the molecule is C=CC(=O)NCC(CC1CCCCC1)NC(=O)[C@H](Cc1nc2ccc(Cl)cc2s1)NC(=O)NC. The Morgan fingerprint density at radius 1 is 1.24 bits per heavy atom. The van der Waals surface area contributed by atoms with E-state index in [0.29, 0.717) is 17.5 Å². The first-order chi connectivity index (χ1) is 16.4. The summed E-state index contributed by atoms with van der Waals surface area (Å²) in [6, 6.07) is 3.92. The van der Waals surface area contributed by atoms with Crippen LogP contribution in [0.3, 0.4) is 0 Å². The average molecular weight is 506 g/mol. The number of hydrogen-bond acceptors (Lipinski definition) is 5. The molecule has 2 aromatic rings. The van der Waals surface area contributed by atoms with Crippen molar-refractivity contribution >= 4 is 51.0 Å². The highest BCUT2D eigenvalue weighted by molar-refractivity contribution is 7.18. The Morgan fingerprint density at radius 3 is 2.71 bits per heavy atom. The van der Waals surface area contributed by atoms with E-state index in [4.69, 9.17) is 11.6 Å². The van der Waals surface area contributed by atoms with Crippen molar-refractivity contribution in [3.05, 3.63) is 40.9 Å². The summed E-state index contributed by atoms with van der Waals surface area (Å²) >= 11 is 7.53. The van der Waals surface area contributed by atoms with Gasteiger partial charge in [-0.2, -0.15) is 0 Å². The topological polar surface area (TPSA) is 112 Å². The number of amides is 4. The van der Waals surface area contributed by atoms with Gasteiger partial charge < -0.3 is 21.3 Å². The second-order valence-corrected chi connectivity index (χ2v) is 10.1. The fourth-order valence-electron chi connectivity index (χ4n) is 4.26. The Morgan fingerprint density at radius 2 is 2.00 bits per heavy atom. The van der Waals surface area contributed by atoms with Gasteiger partial charge in [-0.25, -0.2) is 9.78 Å². The average Bonchev–Trinajstić information content (AvgIpc) is 3.23. The summed E-state index contributed by atoms with van der Waals surface area (Å²) in [7, 11) is 1.50. The molecule has 0 spiro atoms. The van der Waals surface area contributed by atoms with Gasteiger partial charge in [0.2, 0.25) is 11.8 Å². The third kappa shape index (κ3) is 7.70. The second-order valence-electron chi connectivity index (χ2n) is 8.59. The van der Waals surface area contributed by atoms with Crippen molar-refractivity contribution in [2.45, 2.75) is 57.0 Å². The number of aromatic nitrogens is 1. The third-order valence-electron chi connectivity index (χ3n) is 6.02. The summed E-state index contributed by atoms with van der Waals surface area (Å²) < 4.78 is 0.920. The minimum absolute atomic E-state index is 0.241. The van der Waals surface area contributed by atoms with Crippen LogP contribution in [0.25, 0.3) is 10.2 Å². The second kappa shape index (κ2) is 12.7. The predicted octanol–water partition coefficient (Wildman–Crippen LogP) is 3.55. The number of carbonyl (C=O) groups is 3. The molecular formula is C24H32ClN5O3S. The molecular weight excluding hydrogens is 474 g/mol. The smallest absolute Gasteiger partial charge is 0.315 e. The molecule has 1 aromatic carbocycles. The van der Waals surface area contributed by atoms with Gasteiger partial charge in [-0.3, -0.25) is 9.59 Å². The molecule has 8 nitrogen and oxygen atoms in total. The van der Waals surface area contributed by atoms with E-state index in [1.807, 2.05) is 12.1 Å². The summed E-state index contributed by atoms with van der Waals surface area (Å²) in [6.45, 7) is 3.79. The van der Waals surface area contributed by atoms with Crippen molar-refractivity contribution in [2.24, 2.45) is 5.92 Å². The molecule has 1 saturated carbocycles. The molecule has 4 N–H and O–H groups in total. The molecule has 34 heavy (non-hydrogen) atoms. The van der Waals surface area contributed by atoms with Crippen LogP contribution in [-0.4, -0.2) is 48.5 Å². The molecule has 0 saturated heterocycles. The number of nitrogens with one attached hydrogen (secondary N) is 4. The minimum Gasteiger partial charge on any atom is -0.351 e. The Balaban J connectivity index is 1.73. The summed E-state index contributed by atoms with van der Waals surface area (Å²) in [5.41, 5.74) is 0.797. The van der Waals surface area contributed by atoms with Crippen LogP contribution in [0.5, 0.6) is 0 Å². The van der Waals surface area contributed by atoms with Gasteiger partial charge in [0, 0.05) is 31.1 Å². The van der Waals surface area contributed by atoms with Crippen LogP contribution >= 0.6 is 22.9 Å². The van der Waals surface area contributed by atoms with Gasteiger partial charge >= 0.3 is 6.03 Å². The molecule has 10 heteroatoms. The highest BCUT2D eigenvalue weighted by Crippen LogP contribution is 2.28. The van der Waals surface area contributed by atoms with E-state index in [1.54, 1.807) is 6.07 Å². The van der Waals surface area contributed by atoms with Gasteiger partial charge in [0.25, 0.3) is 0 Å². The van der Waals surface area contributed by atoms with Crippen LogP contribution in [-0.2, 0) is 16.0 Å². The first-order valence-corrected chi connectivity index (χ1v) is 12.8. The van der Waals surface area contributed by atoms with E-state index in [0.717, 1.165) is 34.5 Å². The van der Waals surface area contributed by atoms with Crippen LogP contribution in [0.2, 0.25) is 5.02 Å². The Labute approximate surface area is 208 Å². The number of carbonyl (C=O) groups excluding carboxylic acids is 3. The fourth-order valence-corrected chi connectivity index (χ4v) is 5.55. The zero-order chi connectivity index (χ0) is 24.5. The zero-order valence-electron chi connectivity index (χ0n) is 19.4. The molecule has 0 aliphatic heterocycles. The van der Waals surface area contributed by atoms with E-state index in [1.165, 1.54) is 43.7 Å². The third-order valence-corrected chi connectivity index (χ3v) is 7.30. The molecule has 1 aromatic heterocycles. The molecule has 1 fully saturated rings. The normalized spacial score (nSPS) is 15.8. The summed E-state index contributed by atoms with van der Waals surface area (Å²) in [5, 5.41) is 12.4. The molecule has 184 valence electrons. The van der Waals surface area contributed by atoms with Crippen molar-refractivity contribution in [1.29, 1.82) is 0 Å². The van der Waals surface area contributed by atoms with Gasteiger partial charge in [0.15, 0.2) is 0 Å². The lowest BCUT2D eigenvalue weighted by atomic mass is 9.84. The van der Waals surface area contributed by atoms with E-state index in [-0.39, 0.29) is 24.3 Å². The number of rotatable bonds is 10. The van der Waals surface area contributed by atoms with Crippen LogP contribution < -0.4 is 21.3 Å². The fraction of sp³-hybridized carbons (Fsp3) is 0.500. The summed E-state index contributed by atoms with van der Waals surface area (Å²) in [5.74, 6) is -0.0929. The van der Waals surface area contributed by atoms with E-state index < -0.39 is 12.1 Å². The van der Waals surface area contributed by atoms with Crippen molar-refractivity contribution in [3.63, 3.8) is 0 Å². The number of urea groups is 1. The number of thiazole rings is 1. The molecule has 1 aliphatic carbocycles. The maximum absolute atomic E-state index is 13.3. The number of benzene rings is 1. The van der Waals surface area contributed by atoms with Gasteiger partial charge in [-0.05, 0) is 36.6 Å². The van der Waals surface area contributed by atoms with Crippen LogP contribution in [0.15, 0.2) is 30.9 Å². The molecule has 4 amide bonds. The Hall–Kier alpha value is -2.65. The highest BCUT2D eigenvalue weighted by atomic mass is 35.5. The monoisotopic (exact) mass is 505 g/mol. The van der Waals surface area contributed by atoms with Crippen LogP contribution in [0.1, 0.15) is 43.5 Å². The lowest BCUT2D eigenvalue weighted by Gasteiger charge is -2.28. The number of halogens is 1. The molecule has 0 radical (unpaired) electrons. The van der Waals surface area contributed by atoms with Gasteiger partial charge in [0.05, 0.1) is 15.2 Å². The molecule has 0 bridgehead atoms. The van der Waals surface area contributed by atoms with Gasteiger partial charge in [-0.1, -0.05) is 50.3 Å². The summed E-state index contributed by atoms with van der Waals surface area (Å²) in [4.78, 5) is 41.7. The van der Waals surface area contributed by atoms with E-state index in [9.17, 15) is 14.4 Å². The van der Waals surface area contributed by atoms with Crippen LogP contribution in [0, 0.1) is 5.92 Å². The quantitative estimate of drug-likeness (QED) is 0.370. The Bertz CT molecular complexity index is 1020. The number of fused-ring (bicyclic) bond motifs is 1.